The maximum absolute atomic E-state index is 8.73. The predicted octanol–water partition coefficient (Wildman–Crippen LogP) is 0.979. The van der Waals surface area contributed by atoms with Crippen molar-refractivity contribution >= 4 is 5.84 Å². The second kappa shape index (κ2) is 4.25. The Hall–Kier alpha value is -2.37. The number of aromatic nitrogens is 3. The van der Waals surface area contributed by atoms with Crippen molar-refractivity contribution in [2.24, 2.45) is 10.9 Å². The van der Waals surface area contributed by atoms with Crippen molar-refractivity contribution in [2.75, 3.05) is 0 Å². The number of hydrogen-bond acceptors (Lipinski definition) is 4. The minimum absolute atomic E-state index is 0.0341. The van der Waals surface area contributed by atoms with Crippen LogP contribution in [0.4, 0.5) is 0 Å². The topological polar surface area (TPSA) is 89.3 Å². The van der Waals surface area contributed by atoms with E-state index in [-0.39, 0.29) is 5.84 Å². The lowest BCUT2D eigenvalue weighted by Crippen LogP contribution is -2.18. The van der Waals surface area contributed by atoms with Crippen LogP contribution >= 0.6 is 0 Å². The SMILES string of the molecule is Cc1cc(C)n(-c2cccnc2/C(N)=N/O)n1. The van der Waals surface area contributed by atoms with Gasteiger partial charge in [-0.2, -0.15) is 5.10 Å². The first-order chi connectivity index (χ1) is 8.13. The summed E-state index contributed by atoms with van der Waals surface area (Å²) >= 11 is 0. The summed E-state index contributed by atoms with van der Waals surface area (Å²) in [5, 5.41) is 16.0. The van der Waals surface area contributed by atoms with Crippen molar-refractivity contribution in [2.45, 2.75) is 13.8 Å². The molecule has 0 amide bonds. The van der Waals surface area contributed by atoms with Gasteiger partial charge in [0.1, 0.15) is 5.69 Å². The molecule has 2 rings (SSSR count). The van der Waals surface area contributed by atoms with Gasteiger partial charge in [0, 0.05) is 11.9 Å². The molecule has 2 aromatic rings. The normalized spacial score (nSPS) is 11.8. The summed E-state index contributed by atoms with van der Waals surface area (Å²) in [5.74, 6) is -0.0341. The average Bonchev–Trinajstić information content (AvgIpc) is 2.67. The summed E-state index contributed by atoms with van der Waals surface area (Å²) in [6.07, 6.45) is 1.59. The quantitative estimate of drug-likeness (QED) is 0.349. The number of rotatable bonds is 2. The highest BCUT2D eigenvalue weighted by molar-refractivity contribution is 5.98. The molecule has 3 N–H and O–H groups in total. The van der Waals surface area contributed by atoms with Crippen molar-refractivity contribution in [3.05, 3.63) is 41.5 Å². The molecule has 0 aliphatic rings. The average molecular weight is 231 g/mol. The van der Waals surface area contributed by atoms with E-state index in [9.17, 15) is 0 Å². The van der Waals surface area contributed by atoms with E-state index in [2.05, 4.69) is 15.2 Å². The minimum Gasteiger partial charge on any atom is -0.409 e. The highest BCUT2D eigenvalue weighted by Gasteiger charge is 2.12. The van der Waals surface area contributed by atoms with Gasteiger partial charge >= 0.3 is 0 Å². The molecule has 0 fully saturated rings. The number of hydrogen-bond donors (Lipinski definition) is 2. The third kappa shape index (κ3) is 1.96. The van der Waals surface area contributed by atoms with Gasteiger partial charge in [0.2, 0.25) is 0 Å². The molecule has 0 saturated heterocycles. The predicted molar refractivity (Wildman–Crippen MR) is 63.3 cm³/mol. The molecule has 0 aromatic carbocycles. The second-order valence-corrected chi connectivity index (χ2v) is 3.70. The van der Waals surface area contributed by atoms with Crippen molar-refractivity contribution in [3.8, 4) is 5.69 Å². The molecule has 17 heavy (non-hydrogen) atoms. The zero-order chi connectivity index (χ0) is 12.4. The van der Waals surface area contributed by atoms with E-state index < -0.39 is 0 Å². The molecule has 0 unspecified atom stereocenters. The Labute approximate surface area is 98.4 Å². The van der Waals surface area contributed by atoms with E-state index in [0.717, 1.165) is 11.4 Å². The number of amidine groups is 1. The third-order valence-electron chi connectivity index (χ3n) is 2.37. The summed E-state index contributed by atoms with van der Waals surface area (Å²) in [6, 6.07) is 5.54. The molecule has 0 radical (unpaired) electrons. The smallest absolute Gasteiger partial charge is 0.190 e. The summed E-state index contributed by atoms with van der Waals surface area (Å²) < 4.78 is 1.72. The number of oxime groups is 1. The van der Waals surface area contributed by atoms with Gasteiger partial charge < -0.3 is 10.9 Å². The maximum Gasteiger partial charge on any atom is 0.190 e. The minimum atomic E-state index is -0.0341. The van der Waals surface area contributed by atoms with E-state index >= 15 is 0 Å². The highest BCUT2D eigenvalue weighted by Crippen LogP contribution is 2.14. The Balaban J connectivity index is 2.64. The molecule has 88 valence electrons. The number of aryl methyl sites for hydroxylation is 2. The van der Waals surface area contributed by atoms with Crippen LogP contribution in [0.15, 0.2) is 29.6 Å². The van der Waals surface area contributed by atoms with Gasteiger partial charge in [-0.25, -0.2) is 4.68 Å². The number of nitrogens with two attached hydrogens (primary N) is 1. The number of pyridine rings is 1. The van der Waals surface area contributed by atoms with Crippen LogP contribution in [-0.4, -0.2) is 25.8 Å². The maximum atomic E-state index is 8.73. The first kappa shape index (κ1) is 11.1. The molecule has 0 spiro atoms. The monoisotopic (exact) mass is 231 g/mol. The van der Waals surface area contributed by atoms with Gasteiger partial charge in [0.25, 0.3) is 0 Å². The fraction of sp³-hybridized carbons (Fsp3) is 0.182. The Morgan fingerprint density at radius 1 is 1.47 bits per heavy atom. The summed E-state index contributed by atoms with van der Waals surface area (Å²) in [7, 11) is 0. The van der Waals surface area contributed by atoms with Gasteiger partial charge in [0.15, 0.2) is 5.84 Å². The molecule has 6 heteroatoms. The fourth-order valence-corrected chi connectivity index (χ4v) is 1.69. The molecule has 0 bridgehead atoms. The summed E-state index contributed by atoms with van der Waals surface area (Å²) in [4.78, 5) is 4.10. The zero-order valence-electron chi connectivity index (χ0n) is 9.62. The van der Waals surface area contributed by atoms with E-state index in [4.69, 9.17) is 10.9 Å². The summed E-state index contributed by atoms with van der Waals surface area (Å²) in [5.41, 5.74) is 8.54. The Morgan fingerprint density at radius 3 is 2.82 bits per heavy atom. The molecular weight excluding hydrogens is 218 g/mol. The Kier molecular flexibility index (Phi) is 2.78. The summed E-state index contributed by atoms with van der Waals surface area (Å²) in [6.45, 7) is 3.84. The van der Waals surface area contributed by atoms with Crippen LogP contribution in [0.2, 0.25) is 0 Å². The molecule has 2 heterocycles. The highest BCUT2D eigenvalue weighted by atomic mass is 16.4. The van der Waals surface area contributed by atoms with Crippen LogP contribution in [0, 0.1) is 13.8 Å². The molecular formula is C11H13N5O. The van der Waals surface area contributed by atoms with Crippen LogP contribution in [0.5, 0.6) is 0 Å². The Morgan fingerprint density at radius 2 is 2.24 bits per heavy atom. The standard InChI is InChI=1S/C11H13N5O/c1-7-6-8(2)16(14-7)9-4-3-5-13-10(9)11(12)15-17/h3-6,17H,1-2H3,(H2,12,15). The molecule has 0 saturated carbocycles. The van der Waals surface area contributed by atoms with E-state index in [1.165, 1.54) is 0 Å². The lowest BCUT2D eigenvalue weighted by atomic mass is 10.2. The third-order valence-corrected chi connectivity index (χ3v) is 2.37. The van der Waals surface area contributed by atoms with Gasteiger partial charge in [-0.3, -0.25) is 4.98 Å². The molecule has 0 aliphatic heterocycles. The molecule has 6 nitrogen and oxygen atoms in total. The van der Waals surface area contributed by atoms with Crippen molar-refractivity contribution < 1.29 is 5.21 Å². The van der Waals surface area contributed by atoms with E-state index in [1.807, 2.05) is 26.0 Å². The zero-order valence-corrected chi connectivity index (χ0v) is 9.62. The van der Waals surface area contributed by atoms with Crippen LogP contribution in [0.25, 0.3) is 5.69 Å². The van der Waals surface area contributed by atoms with E-state index in [1.54, 1.807) is 16.9 Å². The van der Waals surface area contributed by atoms with Crippen molar-refractivity contribution in [3.63, 3.8) is 0 Å². The lowest BCUT2D eigenvalue weighted by Gasteiger charge is -2.08. The van der Waals surface area contributed by atoms with Crippen LogP contribution in [0.1, 0.15) is 17.1 Å². The first-order valence-electron chi connectivity index (χ1n) is 5.10. The van der Waals surface area contributed by atoms with Crippen LogP contribution in [-0.2, 0) is 0 Å². The van der Waals surface area contributed by atoms with Gasteiger partial charge in [-0.05, 0) is 32.0 Å². The molecule has 0 aliphatic carbocycles. The van der Waals surface area contributed by atoms with E-state index in [0.29, 0.717) is 11.4 Å². The Bertz CT molecular complexity index is 573. The first-order valence-corrected chi connectivity index (χ1v) is 5.10. The molecule has 0 atom stereocenters. The lowest BCUT2D eigenvalue weighted by molar-refractivity contribution is 0.318. The van der Waals surface area contributed by atoms with Crippen molar-refractivity contribution in [1.82, 2.24) is 14.8 Å². The van der Waals surface area contributed by atoms with Gasteiger partial charge in [-0.15, -0.1) is 0 Å². The fourth-order valence-electron chi connectivity index (χ4n) is 1.69. The van der Waals surface area contributed by atoms with Gasteiger partial charge in [0.05, 0.1) is 11.4 Å². The second-order valence-electron chi connectivity index (χ2n) is 3.70. The van der Waals surface area contributed by atoms with Gasteiger partial charge in [-0.1, -0.05) is 5.16 Å². The molecule has 2 aromatic heterocycles. The number of nitrogens with zero attached hydrogens (tertiary/aromatic N) is 4. The van der Waals surface area contributed by atoms with Crippen LogP contribution < -0.4 is 5.73 Å². The van der Waals surface area contributed by atoms with Crippen LogP contribution in [0.3, 0.4) is 0 Å². The largest absolute Gasteiger partial charge is 0.409 e. The van der Waals surface area contributed by atoms with Crippen molar-refractivity contribution in [1.29, 1.82) is 0 Å².